The zero-order chi connectivity index (χ0) is 13.3. The van der Waals surface area contributed by atoms with E-state index in [4.69, 9.17) is 0 Å². The van der Waals surface area contributed by atoms with Gasteiger partial charge in [-0.1, -0.05) is 6.92 Å². The van der Waals surface area contributed by atoms with E-state index in [2.05, 4.69) is 17.9 Å². The number of nitrogens with zero attached hydrogens (tertiary/aromatic N) is 2. The highest BCUT2D eigenvalue weighted by Crippen LogP contribution is 2.33. The van der Waals surface area contributed by atoms with Gasteiger partial charge < -0.3 is 0 Å². The maximum atomic E-state index is 11.6. The van der Waals surface area contributed by atoms with E-state index in [1.54, 1.807) is 0 Å². The van der Waals surface area contributed by atoms with E-state index in [1.807, 2.05) is 7.05 Å². The minimum atomic E-state index is -2.84. The van der Waals surface area contributed by atoms with Crippen LogP contribution in [-0.4, -0.2) is 44.0 Å². The van der Waals surface area contributed by atoms with E-state index in [1.165, 1.54) is 0 Å². The van der Waals surface area contributed by atoms with Gasteiger partial charge in [0.25, 0.3) is 0 Å². The van der Waals surface area contributed by atoms with Crippen LogP contribution in [0.1, 0.15) is 32.6 Å². The molecule has 102 valence electrons. The Morgan fingerprint density at radius 1 is 1.28 bits per heavy atom. The number of nitriles is 1. The molecule has 0 N–H and O–H groups in total. The van der Waals surface area contributed by atoms with Crippen LogP contribution < -0.4 is 0 Å². The van der Waals surface area contributed by atoms with Gasteiger partial charge in [-0.15, -0.1) is 0 Å². The minimum Gasteiger partial charge on any atom is -0.298 e. The van der Waals surface area contributed by atoms with Gasteiger partial charge in [-0.05, 0) is 38.6 Å². The highest BCUT2D eigenvalue weighted by Gasteiger charge is 2.38. The molecular weight excluding hydrogens is 248 g/mol. The third kappa shape index (κ3) is 2.86. The van der Waals surface area contributed by atoms with Crippen LogP contribution in [0.15, 0.2) is 0 Å². The molecule has 4 unspecified atom stereocenters. The second-order valence-corrected chi connectivity index (χ2v) is 8.17. The van der Waals surface area contributed by atoms with Crippen molar-refractivity contribution in [2.45, 2.75) is 44.7 Å². The van der Waals surface area contributed by atoms with Crippen LogP contribution in [-0.2, 0) is 9.84 Å². The van der Waals surface area contributed by atoms with E-state index in [0.717, 1.165) is 25.7 Å². The molecule has 0 bridgehead atoms. The Labute approximate surface area is 110 Å². The summed E-state index contributed by atoms with van der Waals surface area (Å²) in [6, 6.07) is 2.75. The summed E-state index contributed by atoms with van der Waals surface area (Å²) in [6.07, 6.45) is 3.81. The van der Waals surface area contributed by atoms with Gasteiger partial charge in [-0.25, -0.2) is 8.42 Å². The Hall–Kier alpha value is -0.600. The van der Waals surface area contributed by atoms with Crippen molar-refractivity contribution in [1.82, 2.24) is 4.90 Å². The second kappa shape index (κ2) is 5.18. The summed E-state index contributed by atoms with van der Waals surface area (Å²) in [5, 5.41) is 9.25. The first-order chi connectivity index (χ1) is 8.43. The standard InChI is InChI=1S/C13H22N2O2S/c1-10-3-4-11(8-14)13(7-10)15(2)12-5-6-18(16,17)9-12/h10-13H,3-7,9H2,1-2H3. The van der Waals surface area contributed by atoms with E-state index in [0.29, 0.717) is 11.7 Å². The molecule has 0 aromatic heterocycles. The molecule has 18 heavy (non-hydrogen) atoms. The molecule has 0 radical (unpaired) electrons. The topological polar surface area (TPSA) is 61.2 Å². The molecule has 0 amide bonds. The summed E-state index contributed by atoms with van der Waals surface area (Å²) in [4.78, 5) is 2.17. The van der Waals surface area contributed by atoms with Gasteiger partial charge in [0, 0.05) is 12.1 Å². The van der Waals surface area contributed by atoms with E-state index in [-0.39, 0.29) is 23.8 Å². The lowest BCUT2D eigenvalue weighted by Gasteiger charge is -2.40. The number of hydrogen-bond acceptors (Lipinski definition) is 4. The molecule has 1 saturated carbocycles. The number of hydrogen-bond donors (Lipinski definition) is 0. The third-order valence-corrected chi connectivity index (χ3v) is 6.30. The van der Waals surface area contributed by atoms with Gasteiger partial charge in [-0.3, -0.25) is 4.90 Å². The van der Waals surface area contributed by atoms with Crippen molar-refractivity contribution in [2.24, 2.45) is 11.8 Å². The largest absolute Gasteiger partial charge is 0.298 e. The van der Waals surface area contributed by atoms with Gasteiger partial charge >= 0.3 is 0 Å². The molecule has 1 saturated heterocycles. The average Bonchev–Trinajstić information content (AvgIpc) is 2.68. The highest BCUT2D eigenvalue weighted by atomic mass is 32.2. The Morgan fingerprint density at radius 3 is 2.56 bits per heavy atom. The fourth-order valence-electron chi connectivity index (χ4n) is 3.32. The van der Waals surface area contributed by atoms with Crippen LogP contribution in [0.4, 0.5) is 0 Å². The zero-order valence-corrected chi connectivity index (χ0v) is 12.0. The van der Waals surface area contributed by atoms with Crippen molar-refractivity contribution in [3.05, 3.63) is 0 Å². The first kappa shape index (κ1) is 13.8. The monoisotopic (exact) mass is 270 g/mol. The molecule has 1 aliphatic carbocycles. The lowest BCUT2D eigenvalue weighted by molar-refractivity contribution is 0.100. The van der Waals surface area contributed by atoms with Crippen LogP contribution in [0, 0.1) is 23.2 Å². The molecule has 2 fully saturated rings. The molecular formula is C13H22N2O2S. The summed E-state index contributed by atoms with van der Waals surface area (Å²) >= 11 is 0. The Kier molecular flexibility index (Phi) is 3.98. The van der Waals surface area contributed by atoms with E-state index in [9.17, 15) is 13.7 Å². The first-order valence-corrected chi connectivity index (χ1v) is 8.57. The Balaban J connectivity index is 2.07. The van der Waals surface area contributed by atoms with Gasteiger partial charge in [0.15, 0.2) is 9.84 Å². The summed E-state index contributed by atoms with van der Waals surface area (Å²) in [6.45, 7) is 2.22. The molecule has 1 aliphatic heterocycles. The molecule has 2 aliphatic rings. The molecule has 4 nitrogen and oxygen atoms in total. The predicted octanol–water partition coefficient (Wildman–Crippen LogP) is 1.43. The molecule has 0 spiro atoms. The van der Waals surface area contributed by atoms with Crippen LogP contribution in [0.5, 0.6) is 0 Å². The summed E-state index contributed by atoms with van der Waals surface area (Å²) in [7, 11) is -0.843. The smallest absolute Gasteiger partial charge is 0.151 e. The molecule has 0 aromatic carbocycles. The fraction of sp³-hybridized carbons (Fsp3) is 0.923. The molecule has 5 heteroatoms. The Bertz CT molecular complexity index is 440. The van der Waals surface area contributed by atoms with Crippen molar-refractivity contribution < 1.29 is 8.42 Å². The second-order valence-electron chi connectivity index (χ2n) is 5.94. The van der Waals surface area contributed by atoms with Crippen molar-refractivity contribution in [3.63, 3.8) is 0 Å². The SMILES string of the molecule is CC1CCC(C#N)C(N(C)C2CCS(=O)(=O)C2)C1. The molecule has 4 atom stereocenters. The fourth-order valence-corrected chi connectivity index (χ4v) is 5.10. The van der Waals surface area contributed by atoms with Gasteiger partial charge in [0.05, 0.1) is 23.5 Å². The van der Waals surface area contributed by atoms with Crippen molar-refractivity contribution in [3.8, 4) is 6.07 Å². The Morgan fingerprint density at radius 2 is 2.00 bits per heavy atom. The number of sulfone groups is 1. The highest BCUT2D eigenvalue weighted by molar-refractivity contribution is 7.91. The third-order valence-electron chi connectivity index (χ3n) is 4.55. The van der Waals surface area contributed by atoms with Gasteiger partial charge in [-0.2, -0.15) is 5.26 Å². The van der Waals surface area contributed by atoms with Gasteiger partial charge in [0.2, 0.25) is 0 Å². The predicted molar refractivity (Wildman–Crippen MR) is 70.7 cm³/mol. The van der Waals surface area contributed by atoms with E-state index < -0.39 is 9.84 Å². The molecule has 0 aromatic rings. The molecule has 1 heterocycles. The quantitative estimate of drug-likeness (QED) is 0.761. The molecule has 2 rings (SSSR count). The maximum absolute atomic E-state index is 11.6. The first-order valence-electron chi connectivity index (χ1n) is 6.75. The lowest BCUT2D eigenvalue weighted by atomic mass is 9.78. The minimum absolute atomic E-state index is 0.0644. The van der Waals surface area contributed by atoms with Gasteiger partial charge in [0.1, 0.15) is 0 Å². The zero-order valence-electron chi connectivity index (χ0n) is 11.2. The lowest BCUT2D eigenvalue weighted by Crippen LogP contribution is -2.47. The summed E-state index contributed by atoms with van der Waals surface area (Å²) < 4.78 is 23.1. The average molecular weight is 270 g/mol. The van der Waals surface area contributed by atoms with Crippen molar-refractivity contribution in [1.29, 1.82) is 5.26 Å². The van der Waals surface area contributed by atoms with Crippen LogP contribution in [0.3, 0.4) is 0 Å². The number of rotatable bonds is 2. The van der Waals surface area contributed by atoms with E-state index >= 15 is 0 Å². The van der Waals surface area contributed by atoms with Crippen LogP contribution in [0.25, 0.3) is 0 Å². The maximum Gasteiger partial charge on any atom is 0.151 e. The van der Waals surface area contributed by atoms with Crippen molar-refractivity contribution in [2.75, 3.05) is 18.6 Å². The normalized spacial score (nSPS) is 39.7. The van der Waals surface area contributed by atoms with Crippen LogP contribution >= 0.6 is 0 Å². The van der Waals surface area contributed by atoms with Crippen LogP contribution in [0.2, 0.25) is 0 Å². The summed E-state index contributed by atoms with van der Waals surface area (Å²) in [5.74, 6) is 1.28. The van der Waals surface area contributed by atoms with Crippen molar-refractivity contribution >= 4 is 9.84 Å². The summed E-state index contributed by atoms with van der Waals surface area (Å²) in [5.41, 5.74) is 0.